The van der Waals surface area contributed by atoms with Gasteiger partial charge in [0.25, 0.3) is 5.56 Å². The van der Waals surface area contributed by atoms with Crippen LogP contribution in [0, 0.1) is 13.8 Å². The van der Waals surface area contributed by atoms with Gasteiger partial charge in [-0.2, -0.15) is 4.68 Å². The third-order valence-electron chi connectivity index (χ3n) is 4.86. The number of fused-ring (bicyclic) bond motifs is 1. The number of benzene rings is 1. The standard InChI is InChI=1S/C20H22N6OS2/c1-11(2)25-19(27)16-12(3)13(4)28-18(16)21-20(25)29-14(5)17-22-23-24-26(17)15-9-7-6-8-10-15/h6-11,14H,1-5H3. The molecule has 1 aromatic carbocycles. The van der Waals surface area contributed by atoms with Gasteiger partial charge in [-0.15, -0.1) is 16.4 Å². The summed E-state index contributed by atoms with van der Waals surface area (Å²) in [5.74, 6) is 0.712. The highest BCUT2D eigenvalue weighted by Gasteiger charge is 2.23. The second kappa shape index (κ2) is 7.72. The van der Waals surface area contributed by atoms with Crippen molar-refractivity contribution in [2.24, 2.45) is 0 Å². The molecule has 1 unspecified atom stereocenters. The number of rotatable bonds is 5. The summed E-state index contributed by atoms with van der Waals surface area (Å²) in [4.78, 5) is 20.0. The van der Waals surface area contributed by atoms with Crippen LogP contribution in [-0.4, -0.2) is 29.8 Å². The molecule has 3 aromatic heterocycles. The average Bonchev–Trinajstić information content (AvgIpc) is 3.27. The van der Waals surface area contributed by atoms with Gasteiger partial charge in [0.05, 0.1) is 16.3 Å². The molecule has 9 heteroatoms. The van der Waals surface area contributed by atoms with Crippen molar-refractivity contribution < 1.29 is 0 Å². The van der Waals surface area contributed by atoms with Crippen LogP contribution in [0.1, 0.15) is 48.3 Å². The minimum atomic E-state index is -0.0956. The normalized spacial score (nSPS) is 12.8. The Labute approximate surface area is 176 Å². The molecular weight excluding hydrogens is 404 g/mol. The quantitative estimate of drug-likeness (QED) is 0.346. The van der Waals surface area contributed by atoms with E-state index in [1.165, 1.54) is 11.8 Å². The smallest absolute Gasteiger partial charge is 0.263 e. The second-order valence-electron chi connectivity index (χ2n) is 7.17. The van der Waals surface area contributed by atoms with E-state index in [9.17, 15) is 4.79 Å². The number of tetrazole rings is 1. The molecule has 1 atom stereocenters. The number of para-hydroxylation sites is 1. The summed E-state index contributed by atoms with van der Waals surface area (Å²) < 4.78 is 3.51. The molecule has 0 fully saturated rings. The first kappa shape index (κ1) is 19.8. The Balaban J connectivity index is 1.78. The minimum Gasteiger partial charge on any atom is -0.284 e. The molecule has 4 aromatic rings. The fourth-order valence-corrected chi connectivity index (χ4v) is 5.44. The number of nitrogens with zero attached hydrogens (tertiary/aromatic N) is 6. The molecule has 7 nitrogen and oxygen atoms in total. The lowest BCUT2D eigenvalue weighted by atomic mass is 10.2. The zero-order valence-electron chi connectivity index (χ0n) is 16.9. The van der Waals surface area contributed by atoms with Crippen molar-refractivity contribution in [3.05, 3.63) is 57.0 Å². The summed E-state index contributed by atoms with van der Waals surface area (Å²) in [7, 11) is 0. The first-order valence-corrected chi connectivity index (χ1v) is 11.1. The molecule has 4 rings (SSSR count). The van der Waals surface area contributed by atoms with Gasteiger partial charge in [0, 0.05) is 10.9 Å². The topological polar surface area (TPSA) is 78.5 Å². The van der Waals surface area contributed by atoms with Gasteiger partial charge in [-0.3, -0.25) is 9.36 Å². The van der Waals surface area contributed by atoms with E-state index >= 15 is 0 Å². The monoisotopic (exact) mass is 426 g/mol. The lowest BCUT2D eigenvalue weighted by molar-refractivity contribution is 0.518. The molecule has 0 aliphatic rings. The summed E-state index contributed by atoms with van der Waals surface area (Å²) in [5, 5.41) is 13.6. The maximum Gasteiger partial charge on any atom is 0.263 e. The van der Waals surface area contributed by atoms with Crippen molar-refractivity contribution in [1.82, 2.24) is 29.8 Å². The van der Waals surface area contributed by atoms with Gasteiger partial charge >= 0.3 is 0 Å². The average molecular weight is 427 g/mol. The first-order valence-electron chi connectivity index (χ1n) is 9.41. The van der Waals surface area contributed by atoms with Crippen molar-refractivity contribution in [3.8, 4) is 5.69 Å². The predicted octanol–water partition coefficient (Wildman–Crippen LogP) is 4.48. The third kappa shape index (κ3) is 3.49. The van der Waals surface area contributed by atoms with E-state index < -0.39 is 0 Å². The summed E-state index contributed by atoms with van der Waals surface area (Å²) >= 11 is 3.07. The van der Waals surface area contributed by atoms with Gasteiger partial charge in [0.1, 0.15) is 4.83 Å². The van der Waals surface area contributed by atoms with E-state index in [1.54, 1.807) is 20.6 Å². The van der Waals surface area contributed by atoms with Crippen LogP contribution in [0.25, 0.3) is 15.9 Å². The number of thiophene rings is 1. The van der Waals surface area contributed by atoms with Crippen molar-refractivity contribution in [2.75, 3.05) is 0 Å². The van der Waals surface area contributed by atoms with Crippen molar-refractivity contribution in [2.45, 2.75) is 51.1 Å². The number of thioether (sulfide) groups is 1. The van der Waals surface area contributed by atoms with Crippen LogP contribution in [-0.2, 0) is 0 Å². The van der Waals surface area contributed by atoms with Gasteiger partial charge in [-0.25, -0.2) is 4.98 Å². The van der Waals surface area contributed by atoms with Crippen LogP contribution in [0.3, 0.4) is 0 Å². The van der Waals surface area contributed by atoms with E-state index in [-0.39, 0.29) is 16.9 Å². The second-order valence-corrected chi connectivity index (χ2v) is 9.68. The Bertz CT molecular complexity index is 1230. The molecule has 0 saturated carbocycles. The highest BCUT2D eigenvalue weighted by atomic mass is 32.2. The molecule has 0 saturated heterocycles. The molecule has 0 aliphatic heterocycles. The van der Waals surface area contributed by atoms with Crippen LogP contribution >= 0.6 is 23.1 Å². The van der Waals surface area contributed by atoms with Gasteiger partial charge in [0.15, 0.2) is 11.0 Å². The van der Waals surface area contributed by atoms with E-state index in [0.717, 1.165) is 26.3 Å². The largest absolute Gasteiger partial charge is 0.284 e. The Morgan fingerprint density at radius 3 is 2.52 bits per heavy atom. The van der Waals surface area contributed by atoms with Crippen LogP contribution in [0.5, 0.6) is 0 Å². The van der Waals surface area contributed by atoms with Crippen LogP contribution in [0.15, 0.2) is 40.3 Å². The zero-order valence-corrected chi connectivity index (χ0v) is 18.6. The summed E-state index contributed by atoms with van der Waals surface area (Å²) in [6.07, 6.45) is 0. The van der Waals surface area contributed by atoms with E-state index in [0.29, 0.717) is 11.0 Å². The molecule has 0 spiro atoms. The highest BCUT2D eigenvalue weighted by molar-refractivity contribution is 7.99. The number of hydrogen-bond acceptors (Lipinski definition) is 7. The maximum atomic E-state index is 13.3. The van der Waals surface area contributed by atoms with Crippen LogP contribution < -0.4 is 5.56 Å². The van der Waals surface area contributed by atoms with E-state index in [4.69, 9.17) is 4.98 Å². The van der Waals surface area contributed by atoms with Gasteiger partial charge in [-0.05, 0) is 62.7 Å². The van der Waals surface area contributed by atoms with Gasteiger partial charge in [0.2, 0.25) is 0 Å². The Hall–Kier alpha value is -2.52. The first-order chi connectivity index (χ1) is 13.9. The third-order valence-corrected chi connectivity index (χ3v) is 7.02. The summed E-state index contributed by atoms with van der Waals surface area (Å²) in [6, 6.07) is 9.78. The van der Waals surface area contributed by atoms with Crippen molar-refractivity contribution in [3.63, 3.8) is 0 Å². The SMILES string of the molecule is Cc1sc2nc(SC(C)c3nnnn3-c3ccccc3)n(C(C)C)c(=O)c2c1C. The Morgan fingerprint density at radius 2 is 1.83 bits per heavy atom. The fraction of sp³-hybridized carbons (Fsp3) is 0.350. The molecular formula is C20H22N6OS2. The fourth-order valence-electron chi connectivity index (χ4n) is 3.24. The van der Waals surface area contributed by atoms with E-state index in [2.05, 4.69) is 15.5 Å². The van der Waals surface area contributed by atoms with E-state index in [1.807, 2.05) is 65.0 Å². The number of hydrogen-bond donors (Lipinski definition) is 0. The Morgan fingerprint density at radius 1 is 1.10 bits per heavy atom. The van der Waals surface area contributed by atoms with Crippen LogP contribution in [0.2, 0.25) is 0 Å². The highest BCUT2D eigenvalue weighted by Crippen LogP contribution is 2.36. The molecule has 0 aliphatic carbocycles. The molecule has 0 bridgehead atoms. The van der Waals surface area contributed by atoms with Crippen LogP contribution in [0.4, 0.5) is 0 Å². The summed E-state index contributed by atoms with van der Waals surface area (Å²) in [5.41, 5.74) is 1.94. The number of aromatic nitrogens is 6. The van der Waals surface area contributed by atoms with Gasteiger partial charge in [-0.1, -0.05) is 30.0 Å². The lowest BCUT2D eigenvalue weighted by Gasteiger charge is -2.18. The molecule has 3 heterocycles. The molecule has 29 heavy (non-hydrogen) atoms. The molecule has 150 valence electrons. The molecule has 0 amide bonds. The van der Waals surface area contributed by atoms with Gasteiger partial charge < -0.3 is 0 Å². The number of aryl methyl sites for hydroxylation is 2. The zero-order chi connectivity index (χ0) is 20.7. The Kier molecular flexibility index (Phi) is 5.26. The molecule has 0 N–H and O–H groups in total. The van der Waals surface area contributed by atoms with Crippen molar-refractivity contribution in [1.29, 1.82) is 0 Å². The molecule has 0 radical (unpaired) electrons. The minimum absolute atomic E-state index is 0.00109. The van der Waals surface area contributed by atoms with Crippen molar-refractivity contribution >= 4 is 33.3 Å². The predicted molar refractivity (Wildman–Crippen MR) is 117 cm³/mol. The maximum absolute atomic E-state index is 13.3. The lowest BCUT2D eigenvalue weighted by Crippen LogP contribution is -2.25. The summed E-state index contributed by atoms with van der Waals surface area (Å²) in [6.45, 7) is 10.1.